The highest BCUT2D eigenvalue weighted by molar-refractivity contribution is 5.75. The summed E-state index contributed by atoms with van der Waals surface area (Å²) in [6.45, 7) is 8.04. The number of urea groups is 1. The number of likely N-dealkylation sites (tertiary alicyclic amines) is 1. The maximum Gasteiger partial charge on any atom is 0.315 e. The van der Waals surface area contributed by atoms with E-state index in [0.29, 0.717) is 6.04 Å². The molecule has 1 saturated heterocycles. The Bertz CT molecular complexity index is 209. The number of hydrogen-bond donors (Lipinski definition) is 2. The van der Waals surface area contributed by atoms with Gasteiger partial charge in [-0.25, -0.2) is 4.79 Å². The van der Waals surface area contributed by atoms with Gasteiger partial charge < -0.3 is 15.5 Å². The van der Waals surface area contributed by atoms with E-state index >= 15 is 0 Å². The van der Waals surface area contributed by atoms with E-state index in [1.165, 1.54) is 0 Å². The summed E-state index contributed by atoms with van der Waals surface area (Å²) in [5, 5.41) is 5.90. The maximum atomic E-state index is 11.5. The molecule has 0 aromatic carbocycles. The van der Waals surface area contributed by atoms with Crippen molar-refractivity contribution in [1.29, 1.82) is 0 Å². The van der Waals surface area contributed by atoms with E-state index in [9.17, 15) is 4.79 Å². The fourth-order valence-corrected chi connectivity index (χ4v) is 1.41. The molecular weight excluding hydrogens is 178 g/mol. The Hall–Kier alpha value is -0.770. The van der Waals surface area contributed by atoms with Crippen LogP contribution in [0.25, 0.3) is 0 Å². The highest BCUT2D eigenvalue weighted by atomic mass is 16.2. The summed E-state index contributed by atoms with van der Waals surface area (Å²) in [5.74, 6) is 0. The molecule has 2 amide bonds. The third-order valence-electron chi connectivity index (χ3n) is 2.74. The summed E-state index contributed by atoms with van der Waals surface area (Å²) in [6, 6.07) is 0.280. The molecule has 0 spiro atoms. The van der Waals surface area contributed by atoms with E-state index in [1.54, 1.807) is 0 Å². The molecule has 0 saturated carbocycles. The first-order valence-electron chi connectivity index (χ1n) is 5.20. The maximum absolute atomic E-state index is 11.5. The zero-order chi connectivity index (χ0) is 10.8. The van der Waals surface area contributed by atoms with Crippen molar-refractivity contribution >= 4 is 6.03 Å². The minimum absolute atomic E-state index is 0.0463. The highest BCUT2D eigenvalue weighted by Crippen LogP contribution is 2.07. The van der Waals surface area contributed by atoms with E-state index in [0.717, 1.165) is 19.5 Å². The van der Waals surface area contributed by atoms with Gasteiger partial charge in [0.15, 0.2) is 0 Å². The lowest BCUT2D eigenvalue weighted by atomic mass is 10.0. The number of nitrogens with one attached hydrogen (secondary N) is 2. The van der Waals surface area contributed by atoms with Crippen molar-refractivity contribution in [3.05, 3.63) is 0 Å². The van der Waals surface area contributed by atoms with Crippen molar-refractivity contribution < 1.29 is 4.79 Å². The number of nitrogens with zero attached hydrogens (tertiary/aromatic N) is 1. The lowest BCUT2D eigenvalue weighted by molar-refractivity contribution is 0.158. The predicted octanol–water partition coefficient (Wildman–Crippen LogP) is 0.788. The quantitative estimate of drug-likeness (QED) is 0.706. The van der Waals surface area contributed by atoms with Crippen LogP contribution in [0, 0.1) is 0 Å². The zero-order valence-corrected chi connectivity index (χ0v) is 9.55. The summed E-state index contributed by atoms with van der Waals surface area (Å²) in [5.41, 5.74) is -0.111. The van der Waals surface area contributed by atoms with Crippen LogP contribution >= 0.6 is 0 Å². The van der Waals surface area contributed by atoms with E-state index in [-0.39, 0.29) is 11.6 Å². The second-order valence-corrected chi connectivity index (χ2v) is 4.75. The molecule has 0 aliphatic carbocycles. The molecule has 0 atom stereocenters. The van der Waals surface area contributed by atoms with Crippen molar-refractivity contribution in [3.8, 4) is 0 Å². The fourth-order valence-electron chi connectivity index (χ4n) is 1.41. The van der Waals surface area contributed by atoms with Gasteiger partial charge in [-0.05, 0) is 27.3 Å². The lowest BCUT2D eigenvalue weighted by Crippen LogP contribution is -2.61. The van der Waals surface area contributed by atoms with Crippen LogP contribution in [0.3, 0.4) is 0 Å². The molecular formula is C10H21N3O. The van der Waals surface area contributed by atoms with Gasteiger partial charge in [-0.2, -0.15) is 0 Å². The third-order valence-corrected chi connectivity index (χ3v) is 2.74. The van der Waals surface area contributed by atoms with E-state index in [1.807, 2.05) is 20.9 Å². The van der Waals surface area contributed by atoms with E-state index in [4.69, 9.17) is 0 Å². The predicted molar refractivity (Wildman–Crippen MR) is 57.3 cm³/mol. The molecule has 0 aromatic rings. The van der Waals surface area contributed by atoms with Crippen molar-refractivity contribution in [2.24, 2.45) is 0 Å². The number of carbonyl (C=O) groups is 1. The standard InChI is InChI=1S/C10H21N3O/c1-5-10(2,3)12-9(14)11-8-6-13(4)7-8/h8H,5-7H2,1-4H3,(H2,11,12,14). The average Bonchev–Trinajstić information content (AvgIpc) is 2.00. The van der Waals surface area contributed by atoms with E-state index < -0.39 is 0 Å². The van der Waals surface area contributed by atoms with Crippen LogP contribution in [0.4, 0.5) is 4.79 Å². The topological polar surface area (TPSA) is 44.4 Å². The van der Waals surface area contributed by atoms with Crippen LogP contribution in [0.2, 0.25) is 0 Å². The molecule has 0 radical (unpaired) electrons. The Labute approximate surface area is 86.0 Å². The van der Waals surface area contributed by atoms with Gasteiger partial charge in [0.05, 0.1) is 6.04 Å². The fraction of sp³-hybridized carbons (Fsp3) is 0.900. The normalized spacial score (nSPS) is 18.9. The Morgan fingerprint density at radius 1 is 1.50 bits per heavy atom. The first kappa shape index (κ1) is 11.3. The first-order valence-corrected chi connectivity index (χ1v) is 5.20. The van der Waals surface area contributed by atoms with Gasteiger partial charge in [-0.3, -0.25) is 0 Å². The minimum atomic E-state index is -0.111. The zero-order valence-electron chi connectivity index (χ0n) is 9.55. The summed E-state index contributed by atoms with van der Waals surface area (Å²) >= 11 is 0. The van der Waals surface area contributed by atoms with Crippen LogP contribution in [0.15, 0.2) is 0 Å². The van der Waals surface area contributed by atoms with Crippen molar-refractivity contribution in [3.63, 3.8) is 0 Å². The molecule has 4 heteroatoms. The molecule has 1 aliphatic rings. The number of hydrogen-bond acceptors (Lipinski definition) is 2. The van der Waals surface area contributed by atoms with Crippen molar-refractivity contribution in [2.45, 2.75) is 38.8 Å². The Kier molecular flexibility index (Phi) is 3.37. The van der Waals surface area contributed by atoms with Crippen LogP contribution < -0.4 is 10.6 Å². The Morgan fingerprint density at radius 3 is 2.50 bits per heavy atom. The Morgan fingerprint density at radius 2 is 2.07 bits per heavy atom. The average molecular weight is 199 g/mol. The molecule has 0 unspecified atom stereocenters. The van der Waals surface area contributed by atoms with Gasteiger partial charge in [0, 0.05) is 18.6 Å². The summed E-state index contributed by atoms with van der Waals surface area (Å²) < 4.78 is 0. The van der Waals surface area contributed by atoms with Crippen molar-refractivity contribution in [1.82, 2.24) is 15.5 Å². The summed E-state index contributed by atoms with van der Waals surface area (Å²) in [4.78, 5) is 13.7. The number of likely N-dealkylation sites (N-methyl/N-ethyl adjacent to an activating group) is 1. The highest BCUT2D eigenvalue weighted by Gasteiger charge is 2.26. The molecule has 2 N–H and O–H groups in total. The van der Waals surface area contributed by atoms with Crippen molar-refractivity contribution in [2.75, 3.05) is 20.1 Å². The van der Waals surface area contributed by atoms with Crippen LogP contribution in [0.5, 0.6) is 0 Å². The van der Waals surface area contributed by atoms with Gasteiger partial charge in [0.2, 0.25) is 0 Å². The molecule has 14 heavy (non-hydrogen) atoms. The monoisotopic (exact) mass is 199 g/mol. The van der Waals surface area contributed by atoms with Crippen LogP contribution in [-0.4, -0.2) is 42.6 Å². The second kappa shape index (κ2) is 4.17. The smallest absolute Gasteiger partial charge is 0.315 e. The SMILES string of the molecule is CCC(C)(C)NC(=O)NC1CN(C)C1. The summed E-state index contributed by atoms with van der Waals surface area (Å²) in [7, 11) is 2.05. The van der Waals surface area contributed by atoms with Gasteiger partial charge >= 0.3 is 6.03 Å². The molecule has 1 aliphatic heterocycles. The third kappa shape index (κ3) is 3.18. The number of amides is 2. The molecule has 4 nitrogen and oxygen atoms in total. The number of rotatable bonds is 3. The molecule has 1 fully saturated rings. The first-order chi connectivity index (χ1) is 6.43. The molecule has 1 heterocycles. The van der Waals surface area contributed by atoms with Crippen LogP contribution in [-0.2, 0) is 0 Å². The second-order valence-electron chi connectivity index (χ2n) is 4.75. The largest absolute Gasteiger partial charge is 0.333 e. The molecule has 0 aromatic heterocycles. The molecule has 0 bridgehead atoms. The molecule has 82 valence electrons. The van der Waals surface area contributed by atoms with Gasteiger partial charge in [0.1, 0.15) is 0 Å². The van der Waals surface area contributed by atoms with Gasteiger partial charge in [0.25, 0.3) is 0 Å². The van der Waals surface area contributed by atoms with Crippen LogP contribution in [0.1, 0.15) is 27.2 Å². The molecule has 1 rings (SSSR count). The summed E-state index contributed by atoms with van der Waals surface area (Å²) in [6.07, 6.45) is 0.936. The lowest BCUT2D eigenvalue weighted by Gasteiger charge is -2.37. The minimum Gasteiger partial charge on any atom is -0.333 e. The van der Waals surface area contributed by atoms with E-state index in [2.05, 4.69) is 22.5 Å². The van der Waals surface area contributed by atoms with Gasteiger partial charge in [-0.15, -0.1) is 0 Å². The Balaban J connectivity index is 2.22. The number of carbonyl (C=O) groups excluding carboxylic acids is 1. The van der Waals surface area contributed by atoms with Gasteiger partial charge in [-0.1, -0.05) is 6.92 Å².